The first-order chi connectivity index (χ1) is 9.97. The van der Waals surface area contributed by atoms with E-state index in [4.69, 9.17) is 0 Å². The van der Waals surface area contributed by atoms with Crippen molar-refractivity contribution in [1.82, 2.24) is 4.90 Å². The van der Waals surface area contributed by atoms with E-state index < -0.39 is 11.8 Å². The zero-order valence-corrected chi connectivity index (χ0v) is 12.9. The van der Waals surface area contributed by atoms with Gasteiger partial charge in [-0.05, 0) is 49.1 Å². The summed E-state index contributed by atoms with van der Waals surface area (Å²) in [5.74, 6) is -1.43. The second-order valence-electron chi connectivity index (χ2n) is 5.18. The molecule has 1 heterocycles. The standard InChI is InChI=1S/C16H18FNO2S/c1-11(2)18(10-14-4-3-7-21-14)9-12-8-13(17)5-6-15(12)16(19)20/h3-8,11H,9-10H2,1-2H3,(H,19,20). The summed E-state index contributed by atoms with van der Waals surface area (Å²) >= 11 is 1.66. The van der Waals surface area contributed by atoms with Crippen molar-refractivity contribution >= 4 is 17.3 Å². The van der Waals surface area contributed by atoms with Crippen LogP contribution in [0.1, 0.15) is 34.6 Å². The molecule has 2 rings (SSSR count). The number of rotatable bonds is 6. The molecule has 5 heteroatoms. The highest BCUT2D eigenvalue weighted by Crippen LogP contribution is 2.19. The van der Waals surface area contributed by atoms with Gasteiger partial charge in [0.25, 0.3) is 0 Å². The lowest BCUT2D eigenvalue weighted by Gasteiger charge is -2.26. The summed E-state index contributed by atoms with van der Waals surface area (Å²) in [6.07, 6.45) is 0. The predicted octanol–water partition coefficient (Wildman–Crippen LogP) is 4.00. The molecule has 0 aliphatic heterocycles. The molecule has 0 amide bonds. The number of hydrogen-bond donors (Lipinski definition) is 1. The molecular formula is C16H18FNO2S. The highest BCUT2D eigenvalue weighted by Gasteiger charge is 2.17. The van der Waals surface area contributed by atoms with Crippen LogP contribution in [0, 0.1) is 5.82 Å². The van der Waals surface area contributed by atoms with Crippen molar-refractivity contribution in [3.05, 3.63) is 57.5 Å². The number of aromatic carboxylic acids is 1. The molecule has 0 saturated heterocycles. The van der Waals surface area contributed by atoms with Gasteiger partial charge in [0, 0.05) is 24.0 Å². The fourth-order valence-corrected chi connectivity index (χ4v) is 2.87. The lowest BCUT2D eigenvalue weighted by molar-refractivity contribution is 0.0693. The number of hydrogen-bond acceptors (Lipinski definition) is 3. The highest BCUT2D eigenvalue weighted by atomic mass is 32.1. The third-order valence-electron chi connectivity index (χ3n) is 3.34. The average Bonchev–Trinajstić information content (AvgIpc) is 2.90. The van der Waals surface area contributed by atoms with Crippen LogP contribution in [-0.4, -0.2) is 22.0 Å². The minimum absolute atomic E-state index is 0.160. The van der Waals surface area contributed by atoms with Crippen LogP contribution in [0.4, 0.5) is 4.39 Å². The highest BCUT2D eigenvalue weighted by molar-refractivity contribution is 7.09. The van der Waals surface area contributed by atoms with Gasteiger partial charge in [0.05, 0.1) is 5.56 Å². The van der Waals surface area contributed by atoms with E-state index in [0.29, 0.717) is 12.1 Å². The minimum atomic E-state index is -1.02. The summed E-state index contributed by atoms with van der Waals surface area (Å²) in [5.41, 5.74) is 0.668. The van der Waals surface area contributed by atoms with Crippen molar-refractivity contribution in [3.8, 4) is 0 Å². The number of carboxylic acids is 1. The van der Waals surface area contributed by atoms with Gasteiger partial charge in [0.15, 0.2) is 0 Å². The number of benzene rings is 1. The van der Waals surface area contributed by atoms with Crippen LogP contribution in [-0.2, 0) is 13.1 Å². The Balaban J connectivity index is 2.24. The lowest BCUT2D eigenvalue weighted by Crippen LogP contribution is -2.30. The molecule has 1 N–H and O–H groups in total. The summed E-state index contributed by atoms with van der Waals surface area (Å²) < 4.78 is 13.4. The number of thiophene rings is 1. The zero-order chi connectivity index (χ0) is 15.4. The Morgan fingerprint density at radius 1 is 1.33 bits per heavy atom. The number of nitrogens with zero attached hydrogens (tertiary/aromatic N) is 1. The van der Waals surface area contributed by atoms with Gasteiger partial charge in [-0.1, -0.05) is 6.07 Å². The van der Waals surface area contributed by atoms with E-state index in [1.807, 2.05) is 31.4 Å². The molecule has 21 heavy (non-hydrogen) atoms. The molecule has 1 aromatic heterocycles. The molecule has 0 bridgehead atoms. The third kappa shape index (κ3) is 4.12. The van der Waals surface area contributed by atoms with E-state index in [1.54, 1.807) is 11.3 Å². The van der Waals surface area contributed by atoms with E-state index in [1.165, 1.54) is 23.1 Å². The largest absolute Gasteiger partial charge is 0.478 e. The fourth-order valence-electron chi connectivity index (χ4n) is 2.14. The minimum Gasteiger partial charge on any atom is -0.478 e. The monoisotopic (exact) mass is 307 g/mol. The first-order valence-corrected chi connectivity index (χ1v) is 7.63. The van der Waals surface area contributed by atoms with Crippen molar-refractivity contribution in [2.24, 2.45) is 0 Å². The van der Waals surface area contributed by atoms with Gasteiger partial charge in [-0.2, -0.15) is 0 Å². The molecule has 0 spiro atoms. The Morgan fingerprint density at radius 3 is 2.67 bits per heavy atom. The predicted molar refractivity (Wildman–Crippen MR) is 82.1 cm³/mol. The van der Waals surface area contributed by atoms with Crippen molar-refractivity contribution in [2.45, 2.75) is 33.0 Å². The van der Waals surface area contributed by atoms with Crippen LogP contribution >= 0.6 is 11.3 Å². The van der Waals surface area contributed by atoms with E-state index in [0.717, 1.165) is 6.54 Å². The second-order valence-corrected chi connectivity index (χ2v) is 6.22. The third-order valence-corrected chi connectivity index (χ3v) is 4.20. The van der Waals surface area contributed by atoms with Crippen molar-refractivity contribution in [3.63, 3.8) is 0 Å². The molecule has 0 atom stereocenters. The molecule has 0 saturated carbocycles. The second kappa shape index (κ2) is 6.83. The smallest absolute Gasteiger partial charge is 0.336 e. The number of halogens is 1. The summed E-state index contributed by atoms with van der Waals surface area (Å²) in [6.45, 7) is 5.24. The van der Waals surface area contributed by atoms with Gasteiger partial charge in [0.2, 0.25) is 0 Å². The number of carboxylic acid groups (broad SMARTS) is 1. The normalized spacial score (nSPS) is 11.3. The Morgan fingerprint density at radius 2 is 2.10 bits per heavy atom. The quantitative estimate of drug-likeness (QED) is 0.877. The molecule has 112 valence electrons. The van der Waals surface area contributed by atoms with Crippen LogP contribution in [0.5, 0.6) is 0 Å². The Hall–Kier alpha value is -1.72. The molecule has 0 aliphatic carbocycles. The molecule has 0 radical (unpaired) electrons. The maximum atomic E-state index is 13.4. The van der Waals surface area contributed by atoms with Gasteiger partial charge in [-0.15, -0.1) is 11.3 Å². The van der Waals surface area contributed by atoms with Crippen molar-refractivity contribution in [1.29, 1.82) is 0 Å². The summed E-state index contributed by atoms with van der Waals surface area (Å²) in [6, 6.07) is 8.10. The van der Waals surface area contributed by atoms with Crippen LogP contribution in [0.2, 0.25) is 0 Å². The molecule has 1 aromatic carbocycles. The lowest BCUT2D eigenvalue weighted by atomic mass is 10.1. The van der Waals surface area contributed by atoms with Crippen LogP contribution in [0.25, 0.3) is 0 Å². The van der Waals surface area contributed by atoms with Crippen LogP contribution in [0.15, 0.2) is 35.7 Å². The average molecular weight is 307 g/mol. The van der Waals surface area contributed by atoms with Crippen LogP contribution < -0.4 is 0 Å². The summed E-state index contributed by atoms with van der Waals surface area (Å²) in [4.78, 5) is 14.6. The van der Waals surface area contributed by atoms with Crippen molar-refractivity contribution in [2.75, 3.05) is 0 Å². The SMILES string of the molecule is CC(C)N(Cc1cccs1)Cc1cc(F)ccc1C(=O)O. The Kier molecular flexibility index (Phi) is 5.09. The number of carbonyl (C=O) groups is 1. The first kappa shape index (κ1) is 15.7. The van der Waals surface area contributed by atoms with Gasteiger partial charge in [0.1, 0.15) is 5.82 Å². The van der Waals surface area contributed by atoms with Gasteiger partial charge in [-0.3, -0.25) is 4.90 Å². The van der Waals surface area contributed by atoms with E-state index in [2.05, 4.69) is 4.90 Å². The Bertz CT molecular complexity index is 611. The van der Waals surface area contributed by atoms with Crippen molar-refractivity contribution < 1.29 is 14.3 Å². The van der Waals surface area contributed by atoms with Crippen LogP contribution in [0.3, 0.4) is 0 Å². The molecule has 0 fully saturated rings. The molecule has 0 aliphatic rings. The fraction of sp³-hybridized carbons (Fsp3) is 0.312. The maximum absolute atomic E-state index is 13.4. The van der Waals surface area contributed by atoms with Gasteiger partial charge >= 0.3 is 5.97 Å². The van der Waals surface area contributed by atoms with Gasteiger partial charge in [-0.25, -0.2) is 9.18 Å². The van der Waals surface area contributed by atoms with E-state index in [-0.39, 0.29) is 11.6 Å². The van der Waals surface area contributed by atoms with E-state index in [9.17, 15) is 14.3 Å². The zero-order valence-electron chi connectivity index (χ0n) is 12.0. The van der Waals surface area contributed by atoms with E-state index >= 15 is 0 Å². The molecule has 0 unspecified atom stereocenters. The summed E-state index contributed by atoms with van der Waals surface area (Å²) in [7, 11) is 0. The maximum Gasteiger partial charge on any atom is 0.336 e. The Labute approximate surface area is 127 Å². The summed E-state index contributed by atoms with van der Waals surface area (Å²) in [5, 5.41) is 11.2. The molecular weight excluding hydrogens is 289 g/mol. The molecule has 2 aromatic rings. The first-order valence-electron chi connectivity index (χ1n) is 6.75. The topological polar surface area (TPSA) is 40.5 Å². The van der Waals surface area contributed by atoms with Gasteiger partial charge < -0.3 is 5.11 Å². The molecule has 3 nitrogen and oxygen atoms in total.